The molecule has 2 N–H and O–H groups in total. The zero-order valence-electron chi connectivity index (χ0n) is 9.88. The van der Waals surface area contributed by atoms with Gasteiger partial charge in [0, 0.05) is 39.4 Å². The minimum absolute atomic E-state index is 0.0147. The predicted octanol–water partition coefficient (Wildman–Crippen LogP) is -0.667. The van der Waals surface area contributed by atoms with Crippen LogP contribution in [0, 0.1) is 5.92 Å². The van der Waals surface area contributed by atoms with Gasteiger partial charge in [0.15, 0.2) is 0 Å². The van der Waals surface area contributed by atoms with E-state index in [0.717, 1.165) is 26.1 Å². The average Bonchev–Trinajstić information content (AvgIpc) is 2.55. The SMILES string of the molecule is CC(=O)NC12CNCCC1CN(C(C)=O)C2. The van der Waals surface area contributed by atoms with Crippen LogP contribution in [0.3, 0.4) is 0 Å². The molecule has 2 rings (SSSR count). The Bertz CT molecular complexity index is 318. The van der Waals surface area contributed by atoms with E-state index in [1.54, 1.807) is 6.92 Å². The lowest BCUT2D eigenvalue weighted by Crippen LogP contribution is -2.62. The van der Waals surface area contributed by atoms with E-state index in [9.17, 15) is 9.59 Å². The van der Waals surface area contributed by atoms with Crippen molar-refractivity contribution in [2.24, 2.45) is 5.92 Å². The van der Waals surface area contributed by atoms with Gasteiger partial charge in [-0.1, -0.05) is 0 Å². The van der Waals surface area contributed by atoms with Crippen LogP contribution in [0.15, 0.2) is 0 Å². The average molecular weight is 225 g/mol. The molecule has 2 unspecified atom stereocenters. The van der Waals surface area contributed by atoms with Crippen molar-refractivity contribution in [2.75, 3.05) is 26.2 Å². The van der Waals surface area contributed by atoms with Crippen molar-refractivity contribution in [1.82, 2.24) is 15.5 Å². The summed E-state index contributed by atoms with van der Waals surface area (Å²) in [5.74, 6) is 0.472. The highest BCUT2D eigenvalue weighted by Gasteiger charge is 2.49. The Hall–Kier alpha value is -1.10. The molecule has 0 aromatic heterocycles. The molecule has 2 heterocycles. The van der Waals surface area contributed by atoms with E-state index >= 15 is 0 Å². The number of carbonyl (C=O) groups excluding carboxylic acids is 2. The summed E-state index contributed by atoms with van der Waals surface area (Å²) in [6, 6.07) is 0. The Kier molecular flexibility index (Phi) is 2.88. The first-order chi connectivity index (χ1) is 7.53. The third-order valence-electron chi connectivity index (χ3n) is 3.68. The number of nitrogens with zero attached hydrogens (tertiary/aromatic N) is 1. The van der Waals surface area contributed by atoms with Gasteiger partial charge in [0.1, 0.15) is 0 Å². The number of carbonyl (C=O) groups is 2. The summed E-state index contributed by atoms with van der Waals surface area (Å²) in [6.07, 6.45) is 1.02. The van der Waals surface area contributed by atoms with Crippen molar-refractivity contribution in [1.29, 1.82) is 0 Å². The van der Waals surface area contributed by atoms with Gasteiger partial charge in [0.05, 0.1) is 5.54 Å². The standard InChI is InChI=1S/C11H19N3O2/c1-8(15)13-11-6-12-4-3-10(11)5-14(7-11)9(2)16/h10,12H,3-7H2,1-2H3,(H,13,15). The van der Waals surface area contributed by atoms with Crippen molar-refractivity contribution >= 4 is 11.8 Å². The van der Waals surface area contributed by atoms with Gasteiger partial charge in [-0.2, -0.15) is 0 Å². The Morgan fingerprint density at radius 2 is 2.19 bits per heavy atom. The van der Waals surface area contributed by atoms with Crippen molar-refractivity contribution in [3.05, 3.63) is 0 Å². The fourth-order valence-corrected chi connectivity index (χ4v) is 2.91. The molecule has 2 fully saturated rings. The largest absolute Gasteiger partial charge is 0.347 e. The van der Waals surface area contributed by atoms with Crippen molar-refractivity contribution in [3.8, 4) is 0 Å². The molecular weight excluding hydrogens is 206 g/mol. The van der Waals surface area contributed by atoms with Crippen LogP contribution in [0.2, 0.25) is 0 Å². The maximum Gasteiger partial charge on any atom is 0.219 e. The third-order valence-corrected chi connectivity index (χ3v) is 3.68. The van der Waals surface area contributed by atoms with E-state index in [-0.39, 0.29) is 17.4 Å². The van der Waals surface area contributed by atoms with Crippen molar-refractivity contribution in [3.63, 3.8) is 0 Å². The molecule has 0 saturated carbocycles. The van der Waals surface area contributed by atoms with E-state index in [1.807, 2.05) is 4.90 Å². The second-order valence-electron chi connectivity index (χ2n) is 4.90. The molecular formula is C11H19N3O2. The summed E-state index contributed by atoms with van der Waals surface area (Å²) in [5.41, 5.74) is -0.240. The monoisotopic (exact) mass is 225 g/mol. The molecule has 0 aromatic carbocycles. The number of piperidine rings is 1. The van der Waals surface area contributed by atoms with Gasteiger partial charge in [-0.3, -0.25) is 9.59 Å². The first-order valence-electron chi connectivity index (χ1n) is 5.78. The smallest absolute Gasteiger partial charge is 0.219 e. The number of hydrogen-bond acceptors (Lipinski definition) is 3. The first-order valence-corrected chi connectivity index (χ1v) is 5.78. The molecule has 2 atom stereocenters. The zero-order chi connectivity index (χ0) is 11.8. The first kappa shape index (κ1) is 11.4. The number of hydrogen-bond donors (Lipinski definition) is 2. The topological polar surface area (TPSA) is 61.4 Å². The van der Waals surface area contributed by atoms with Crippen LogP contribution >= 0.6 is 0 Å². The maximum absolute atomic E-state index is 11.4. The molecule has 5 heteroatoms. The van der Waals surface area contributed by atoms with E-state index in [4.69, 9.17) is 0 Å². The Balaban J connectivity index is 2.17. The highest BCUT2D eigenvalue weighted by molar-refractivity contribution is 5.76. The summed E-state index contributed by atoms with van der Waals surface area (Å²) in [4.78, 5) is 24.5. The van der Waals surface area contributed by atoms with Gasteiger partial charge < -0.3 is 15.5 Å². The number of fused-ring (bicyclic) bond motifs is 1. The molecule has 0 aliphatic carbocycles. The minimum atomic E-state index is -0.240. The van der Waals surface area contributed by atoms with Crippen LogP contribution in [0.25, 0.3) is 0 Å². The van der Waals surface area contributed by atoms with Crippen LogP contribution in [0.4, 0.5) is 0 Å². The van der Waals surface area contributed by atoms with E-state index in [0.29, 0.717) is 12.5 Å². The quantitative estimate of drug-likeness (QED) is 0.622. The number of nitrogens with one attached hydrogen (secondary N) is 2. The van der Waals surface area contributed by atoms with Crippen LogP contribution in [-0.2, 0) is 9.59 Å². The van der Waals surface area contributed by atoms with E-state index in [1.165, 1.54) is 6.92 Å². The molecule has 2 saturated heterocycles. The van der Waals surface area contributed by atoms with Crippen LogP contribution in [-0.4, -0.2) is 48.4 Å². The molecule has 2 aliphatic heterocycles. The van der Waals surface area contributed by atoms with Gasteiger partial charge in [-0.15, -0.1) is 0 Å². The second kappa shape index (κ2) is 4.05. The highest BCUT2D eigenvalue weighted by Crippen LogP contribution is 2.32. The molecule has 0 aromatic rings. The van der Waals surface area contributed by atoms with E-state index in [2.05, 4.69) is 10.6 Å². The molecule has 0 spiro atoms. The van der Waals surface area contributed by atoms with Crippen LogP contribution in [0.5, 0.6) is 0 Å². The van der Waals surface area contributed by atoms with Crippen LogP contribution in [0.1, 0.15) is 20.3 Å². The number of likely N-dealkylation sites (tertiary alicyclic amines) is 1. The lowest BCUT2D eigenvalue weighted by molar-refractivity contribution is -0.128. The molecule has 16 heavy (non-hydrogen) atoms. The summed E-state index contributed by atoms with van der Waals surface area (Å²) in [5, 5.41) is 6.36. The van der Waals surface area contributed by atoms with Gasteiger partial charge in [0.2, 0.25) is 11.8 Å². The molecule has 5 nitrogen and oxygen atoms in total. The van der Waals surface area contributed by atoms with Crippen LogP contribution < -0.4 is 10.6 Å². The van der Waals surface area contributed by atoms with Gasteiger partial charge in [-0.05, 0) is 13.0 Å². The number of amides is 2. The Morgan fingerprint density at radius 1 is 1.44 bits per heavy atom. The fraction of sp³-hybridized carbons (Fsp3) is 0.818. The van der Waals surface area contributed by atoms with Gasteiger partial charge in [-0.25, -0.2) is 0 Å². The molecule has 2 aliphatic rings. The maximum atomic E-state index is 11.4. The van der Waals surface area contributed by atoms with Crippen molar-refractivity contribution in [2.45, 2.75) is 25.8 Å². The van der Waals surface area contributed by atoms with Crippen molar-refractivity contribution < 1.29 is 9.59 Å². The van der Waals surface area contributed by atoms with E-state index < -0.39 is 0 Å². The fourth-order valence-electron chi connectivity index (χ4n) is 2.91. The predicted molar refractivity (Wildman–Crippen MR) is 59.8 cm³/mol. The summed E-state index contributed by atoms with van der Waals surface area (Å²) >= 11 is 0. The lowest BCUT2D eigenvalue weighted by Gasteiger charge is -2.39. The van der Waals surface area contributed by atoms with Gasteiger partial charge in [0.25, 0.3) is 0 Å². The Labute approximate surface area is 95.6 Å². The lowest BCUT2D eigenvalue weighted by atomic mass is 9.82. The molecule has 90 valence electrons. The summed E-state index contributed by atoms with van der Waals surface area (Å²) < 4.78 is 0. The zero-order valence-corrected chi connectivity index (χ0v) is 9.88. The molecule has 0 radical (unpaired) electrons. The Morgan fingerprint density at radius 3 is 2.81 bits per heavy atom. The molecule has 0 bridgehead atoms. The normalized spacial score (nSPS) is 33.4. The minimum Gasteiger partial charge on any atom is -0.347 e. The summed E-state index contributed by atoms with van der Waals surface area (Å²) in [6.45, 7) is 6.28. The number of rotatable bonds is 1. The molecule has 2 amide bonds. The second-order valence-corrected chi connectivity index (χ2v) is 4.90. The summed E-state index contributed by atoms with van der Waals surface area (Å²) in [7, 11) is 0. The third kappa shape index (κ3) is 1.91. The highest BCUT2D eigenvalue weighted by atomic mass is 16.2. The van der Waals surface area contributed by atoms with Gasteiger partial charge >= 0.3 is 0 Å².